The highest BCUT2D eigenvalue weighted by molar-refractivity contribution is 5.94. The van der Waals surface area contributed by atoms with Gasteiger partial charge in [-0.1, -0.05) is 25.1 Å². The molecule has 0 saturated carbocycles. The Bertz CT molecular complexity index is 766. The SMILES string of the molecule is Cc1ccc(C(=O)N[C@H](C)c2ccc(N3CCC[C@H](C)C3)cc2)cc1C. The van der Waals surface area contributed by atoms with Gasteiger partial charge in [-0.05, 0) is 80.5 Å². The predicted molar refractivity (Wildman–Crippen MR) is 109 cm³/mol. The van der Waals surface area contributed by atoms with Gasteiger partial charge in [0.1, 0.15) is 0 Å². The van der Waals surface area contributed by atoms with Gasteiger partial charge >= 0.3 is 0 Å². The summed E-state index contributed by atoms with van der Waals surface area (Å²) in [6.45, 7) is 10.7. The van der Waals surface area contributed by atoms with E-state index in [1.54, 1.807) is 0 Å². The molecule has 3 rings (SSSR count). The molecule has 1 saturated heterocycles. The van der Waals surface area contributed by atoms with Gasteiger partial charge in [0.05, 0.1) is 6.04 Å². The Morgan fingerprint density at radius 2 is 1.85 bits per heavy atom. The fourth-order valence-corrected chi connectivity index (χ4v) is 3.64. The number of amides is 1. The highest BCUT2D eigenvalue weighted by Crippen LogP contribution is 2.24. The molecule has 1 aliphatic heterocycles. The van der Waals surface area contributed by atoms with E-state index in [-0.39, 0.29) is 11.9 Å². The van der Waals surface area contributed by atoms with E-state index in [0.717, 1.165) is 35.7 Å². The highest BCUT2D eigenvalue weighted by Gasteiger charge is 2.17. The number of anilines is 1. The smallest absolute Gasteiger partial charge is 0.251 e. The molecule has 0 radical (unpaired) electrons. The van der Waals surface area contributed by atoms with Crippen LogP contribution >= 0.6 is 0 Å². The molecule has 0 aromatic heterocycles. The number of rotatable bonds is 4. The van der Waals surface area contributed by atoms with Gasteiger partial charge in [-0.2, -0.15) is 0 Å². The second kappa shape index (κ2) is 7.94. The van der Waals surface area contributed by atoms with Crippen LogP contribution in [-0.2, 0) is 0 Å². The van der Waals surface area contributed by atoms with Crippen molar-refractivity contribution in [3.63, 3.8) is 0 Å². The minimum Gasteiger partial charge on any atom is -0.371 e. The molecule has 1 heterocycles. The number of aryl methyl sites for hydroxylation is 2. The largest absolute Gasteiger partial charge is 0.371 e. The van der Waals surface area contributed by atoms with Crippen LogP contribution in [0.2, 0.25) is 0 Å². The molecule has 0 spiro atoms. The Kier molecular flexibility index (Phi) is 5.65. The number of carbonyl (C=O) groups is 1. The van der Waals surface area contributed by atoms with Crippen molar-refractivity contribution in [3.8, 4) is 0 Å². The van der Waals surface area contributed by atoms with Gasteiger partial charge in [0.25, 0.3) is 5.91 Å². The molecule has 1 N–H and O–H groups in total. The highest BCUT2D eigenvalue weighted by atomic mass is 16.1. The lowest BCUT2D eigenvalue weighted by molar-refractivity contribution is 0.0940. The van der Waals surface area contributed by atoms with Gasteiger partial charge < -0.3 is 10.2 Å². The number of hydrogen-bond donors (Lipinski definition) is 1. The summed E-state index contributed by atoms with van der Waals surface area (Å²) in [7, 11) is 0. The average Bonchev–Trinajstić information content (AvgIpc) is 2.64. The van der Waals surface area contributed by atoms with Crippen LogP contribution in [0.25, 0.3) is 0 Å². The second-order valence-electron chi connectivity index (χ2n) is 7.78. The molecule has 0 aliphatic carbocycles. The first kappa shape index (κ1) is 18.5. The maximum Gasteiger partial charge on any atom is 0.251 e. The summed E-state index contributed by atoms with van der Waals surface area (Å²) in [5, 5.41) is 3.11. The summed E-state index contributed by atoms with van der Waals surface area (Å²) in [5.74, 6) is 0.745. The zero-order chi connectivity index (χ0) is 18.7. The summed E-state index contributed by atoms with van der Waals surface area (Å²) in [4.78, 5) is 15.0. The Labute approximate surface area is 157 Å². The monoisotopic (exact) mass is 350 g/mol. The molecule has 2 aromatic rings. The third-order valence-electron chi connectivity index (χ3n) is 5.53. The predicted octanol–water partition coefficient (Wildman–Crippen LogP) is 5.03. The summed E-state index contributed by atoms with van der Waals surface area (Å²) < 4.78 is 0. The number of carbonyl (C=O) groups excluding carboxylic acids is 1. The van der Waals surface area contributed by atoms with Crippen LogP contribution in [0, 0.1) is 19.8 Å². The molecule has 138 valence electrons. The topological polar surface area (TPSA) is 32.3 Å². The summed E-state index contributed by atoms with van der Waals surface area (Å²) in [6, 6.07) is 14.5. The Morgan fingerprint density at radius 3 is 2.50 bits per heavy atom. The van der Waals surface area contributed by atoms with Gasteiger partial charge in [0, 0.05) is 24.3 Å². The number of hydrogen-bond acceptors (Lipinski definition) is 2. The van der Waals surface area contributed by atoms with E-state index < -0.39 is 0 Å². The van der Waals surface area contributed by atoms with E-state index in [4.69, 9.17) is 0 Å². The summed E-state index contributed by atoms with van der Waals surface area (Å²) in [6.07, 6.45) is 2.60. The van der Waals surface area contributed by atoms with Crippen molar-refractivity contribution >= 4 is 11.6 Å². The van der Waals surface area contributed by atoms with Crippen molar-refractivity contribution < 1.29 is 4.79 Å². The van der Waals surface area contributed by atoms with Crippen LogP contribution in [0.4, 0.5) is 5.69 Å². The van der Waals surface area contributed by atoms with E-state index in [0.29, 0.717) is 0 Å². The van der Waals surface area contributed by atoms with E-state index in [1.165, 1.54) is 24.1 Å². The van der Waals surface area contributed by atoms with Gasteiger partial charge in [-0.15, -0.1) is 0 Å². The molecule has 0 bridgehead atoms. The summed E-state index contributed by atoms with van der Waals surface area (Å²) in [5.41, 5.74) is 5.49. The van der Waals surface area contributed by atoms with E-state index >= 15 is 0 Å². The van der Waals surface area contributed by atoms with E-state index in [9.17, 15) is 4.79 Å². The zero-order valence-electron chi connectivity index (χ0n) is 16.4. The molecule has 3 nitrogen and oxygen atoms in total. The van der Waals surface area contributed by atoms with E-state index in [1.807, 2.05) is 32.0 Å². The van der Waals surface area contributed by atoms with Gasteiger partial charge in [-0.25, -0.2) is 0 Å². The Morgan fingerprint density at radius 1 is 1.12 bits per heavy atom. The molecule has 2 aromatic carbocycles. The van der Waals surface area contributed by atoms with Crippen molar-refractivity contribution in [2.24, 2.45) is 5.92 Å². The van der Waals surface area contributed by atoms with E-state index in [2.05, 4.69) is 48.3 Å². The van der Waals surface area contributed by atoms with Gasteiger partial charge in [0.15, 0.2) is 0 Å². The molecule has 3 heteroatoms. The quantitative estimate of drug-likeness (QED) is 0.839. The Hall–Kier alpha value is -2.29. The van der Waals surface area contributed by atoms with Crippen molar-refractivity contribution in [1.82, 2.24) is 5.32 Å². The zero-order valence-corrected chi connectivity index (χ0v) is 16.4. The average molecular weight is 351 g/mol. The maximum absolute atomic E-state index is 12.5. The lowest BCUT2D eigenvalue weighted by Gasteiger charge is -2.33. The fraction of sp³-hybridized carbons (Fsp3) is 0.435. The molecular weight excluding hydrogens is 320 g/mol. The number of nitrogens with zero attached hydrogens (tertiary/aromatic N) is 1. The van der Waals surface area contributed by atoms with Crippen LogP contribution < -0.4 is 10.2 Å². The first-order chi connectivity index (χ1) is 12.4. The molecule has 2 atom stereocenters. The van der Waals surface area contributed by atoms with Gasteiger partial charge in [0.2, 0.25) is 0 Å². The summed E-state index contributed by atoms with van der Waals surface area (Å²) >= 11 is 0. The molecule has 1 amide bonds. The second-order valence-corrected chi connectivity index (χ2v) is 7.78. The molecule has 1 fully saturated rings. The van der Waals surface area contributed by atoms with Crippen LogP contribution in [-0.4, -0.2) is 19.0 Å². The minimum absolute atomic E-state index is 0.0153. The maximum atomic E-state index is 12.5. The van der Waals surface area contributed by atoms with Crippen LogP contribution in [0.15, 0.2) is 42.5 Å². The third kappa shape index (κ3) is 4.27. The van der Waals surface area contributed by atoms with Crippen LogP contribution in [0.3, 0.4) is 0 Å². The standard InChI is InChI=1S/C23H30N2O/c1-16-6-5-13-25(15-16)22-11-9-20(10-12-22)19(4)24-23(26)21-8-7-17(2)18(3)14-21/h7-12,14,16,19H,5-6,13,15H2,1-4H3,(H,24,26)/t16-,19+/m0/s1. The number of benzene rings is 2. The van der Waals surface area contributed by atoms with Crippen molar-refractivity contribution in [1.29, 1.82) is 0 Å². The van der Waals surface area contributed by atoms with Crippen LogP contribution in [0.5, 0.6) is 0 Å². The lowest BCUT2D eigenvalue weighted by atomic mass is 9.99. The van der Waals surface area contributed by atoms with Crippen molar-refractivity contribution in [2.75, 3.05) is 18.0 Å². The normalized spacial score (nSPS) is 18.5. The van der Waals surface area contributed by atoms with Crippen LogP contribution in [0.1, 0.15) is 59.8 Å². The Balaban J connectivity index is 1.65. The van der Waals surface area contributed by atoms with Crippen molar-refractivity contribution in [3.05, 3.63) is 64.7 Å². The third-order valence-corrected chi connectivity index (χ3v) is 5.53. The van der Waals surface area contributed by atoms with Gasteiger partial charge in [-0.3, -0.25) is 4.79 Å². The first-order valence-electron chi connectivity index (χ1n) is 9.67. The molecule has 0 unspecified atom stereocenters. The molecule has 1 aliphatic rings. The molecule has 26 heavy (non-hydrogen) atoms. The van der Waals surface area contributed by atoms with Crippen molar-refractivity contribution in [2.45, 2.75) is 46.6 Å². The molecular formula is C23H30N2O. The first-order valence-corrected chi connectivity index (χ1v) is 9.67. The number of piperidine rings is 1. The fourth-order valence-electron chi connectivity index (χ4n) is 3.64. The number of nitrogens with one attached hydrogen (secondary N) is 1. The minimum atomic E-state index is -0.0190. The lowest BCUT2D eigenvalue weighted by Crippen LogP contribution is -2.34.